The molecular formula is C45H84O6. The summed E-state index contributed by atoms with van der Waals surface area (Å²) in [4.78, 5) is 37.8. The lowest BCUT2D eigenvalue weighted by molar-refractivity contribution is -0.166. The molecule has 3 atom stereocenters. The molecule has 0 bridgehead atoms. The van der Waals surface area contributed by atoms with Gasteiger partial charge in [-0.3, -0.25) is 14.4 Å². The first-order valence-electron chi connectivity index (χ1n) is 22.6. The summed E-state index contributed by atoms with van der Waals surface area (Å²) in [6, 6.07) is 0. The molecule has 1 aliphatic carbocycles. The monoisotopic (exact) mass is 721 g/mol. The Balaban J connectivity index is 2.10. The Kier molecular flexibility index (Phi) is 33.0. The minimum Gasteiger partial charge on any atom is -0.481 e. The van der Waals surface area contributed by atoms with E-state index in [0.717, 1.165) is 38.5 Å². The van der Waals surface area contributed by atoms with Gasteiger partial charge >= 0.3 is 17.9 Å². The van der Waals surface area contributed by atoms with E-state index in [9.17, 15) is 19.5 Å². The van der Waals surface area contributed by atoms with Gasteiger partial charge in [-0.05, 0) is 32.1 Å². The minimum absolute atomic E-state index is 0.159. The number of hydrogen-bond donors (Lipinski definition) is 1. The lowest BCUT2D eigenvalue weighted by Gasteiger charge is -2.31. The highest BCUT2D eigenvalue weighted by Crippen LogP contribution is 2.36. The molecule has 0 aromatic carbocycles. The quantitative estimate of drug-likeness (QED) is 0.0507. The fourth-order valence-corrected chi connectivity index (χ4v) is 7.80. The summed E-state index contributed by atoms with van der Waals surface area (Å²) in [5.74, 6) is -3.61. The van der Waals surface area contributed by atoms with Gasteiger partial charge in [-0.25, -0.2) is 0 Å². The SMILES string of the molecule is CCCCCCCCCCCCCCCCCCOC(=O)C1CCC(C(=O)O)CC1C(=O)OCCCCCCCCCCCCCCCCCC. The number of esters is 2. The molecule has 0 aliphatic heterocycles. The Morgan fingerprint density at radius 1 is 0.412 bits per heavy atom. The third-order valence-corrected chi connectivity index (χ3v) is 11.3. The molecule has 0 spiro atoms. The predicted octanol–water partition coefficient (Wildman–Crippen LogP) is 13.7. The van der Waals surface area contributed by atoms with Gasteiger partial charge in [0.05, 0.1) is 31.0 Å². The molecule has 51 heavy (non-hydrogen) atoms. The van der Waals surface area contributed by atoms with E-state index in [-0.39, 0.29) is 12.4 Å². The van der Waals surface area contributed by atoms with Crippen molar-refractivity contribution >= 4 is 17.9 Å². The summed E-state index contributed by atoms with van der Waals surface area (Å²) in [6.45, 7) is 5.26. The van der Waals surface area contributed by atoms with Gasteiger partial charge in [0.25, 0.3) is 0 Å². The molecule has 3 unspecified atom stereocenters. The average molecular weight is 721 g/mol. The van der Waals surface area contributed by atoms with Crippen molar-refractivity contribution in [2.24, 2.45) is 17.8 Å². The molecule has 1 fully saturated rings. The van der Waals surface area contributed by atoms with E-state index in [1.165, 1.54) is 167 Å². The Morgan fingerprint density at radius 3 is 0.980 bits per heavy atom. The maximum atomic E-state index is 13.1. The summed E-state index contributed by atoms with van der Waals surface area (Å²) in [7, 11) is 0. The molecule has 0 aromatic heterocycles. The zero-order chi connectivity index (χ0) is 37.0. The van der Waals surface area contributed by atoms with E-state index in [2.05, 4.69) is 13.8 Å². The maximum Gasteiger partial charge on any atom is 0.309 e. The number of unbranched alkanes of at least 4 members (excludes halogenated alkanes) is 30. The molecule has 0 amide bonds. The van der Waals surface area contributed by atoms with E-state index in [4.69, 9.17) is 9.47 Å². The van der Waals surface area contributed by atoms with Gasteiger partial charge in [0.2, 0.25) is 0 Å². The van der Waals surface area contributed by atoms with Crippen LogP contribution in [0.15, 0.2) is 0 Å². The molecule has 0 saturated heterocycles. The van der Waals surface area contributed by atoms with Crippen LogP contribution in [-0.4, -0.2) is 36.2 Å². The van der Waals surface area contributed by atoms with Crippen molar-refractivity contribution in [3.63, 3.8) is 0 Å². The molecule has 1 rings (SSSR count). The number of carbonyl (C=O) groups is 3. The average Bonchev–Trinajstić information content (AvgIpc) is 3.13. The Labute approximate surface area is 315 Å². The van der Waals surface area contributed by atoms with Gasteiger partial charge in [-0.2, -0.15) is 0 Å². The normalized spacial score (nSPS) is 17.4. The van der Waals surface area contributed by atoms with Crippen molar-refractivity contribution in [3.05, 3.63) is 0 Å². The van der Waals surface area contributed by atoms with Gasteiger partial charge in [0.15, 0.2) is 0 Å². The smallest absolute Gasteiger partial charge is 0.309 e. The molecule has 0 radical (unpaired) electrons. The third-order valence-electron chi connectivity index (χ3n) is 11.3. The summed E-state index contributed by atoms with van der Waals surface area (Å²) in [5.41, 5.74) is 0. The van der Waals surface area contributed by atoms with Crippen LogP contribution < -0.4 is 0 Å². The van der Waals surface area contributed by atoms with Crippen molar-refractivity contribution in [2.45, 2.75) is 239 Å². The molecule has 1 N–H and O–H groups in total. The lowest BCUT2D eigenvalue weighted by Crippen LogP contribution is -2.39. The number of rotatable bonds is 37. The van der Waals surface area contributed by atoms with Gasteiger partial charge in [0, 0.05) is 0 Å². The second-order valence-corrected chi connectivity index (χ2v) is 16.0. The Hall–Kier alpha value is -1.59. The van der Waals surface area contributed by atoms with E-state index in [1.54, 1.807) is 0 Å². The highest BCUT2D eigenvalue weighted by Gasteiger charge is 2.43. The Morgan fingerprint density at radius 2 is 0.686 bits per heavy atom. The largest absolute Gasteiger partial charge is 0.481 e. The highest BCUT2D eigenvalue weighted by molar-refractivity contribution is 5.83. The van der Waals surface area contributed by atoms with Crippen molar-refractivity contribution in [1.29, 1.82) is 0 Å². The zero-order valence-corrected chi connectivity index (χ0v) is 33.9. The third kappa shape index (κ3) is 27.6. The summed E-state index contributed by atoms with van der Waals surface area (Å²) in [6.07, 6.45) is 42.3. The molecule has 6 heteroatoms. The number of carboxylic acids is 1. The standard InChI is InChI=1S/C45H84O6/c1-3-5-7-9-11-13-15-17-19-21-23-25-27-29-31-33-37-50-44(48)41-36-35-40(43(46)47)39-42(41)45(49)51-38-34-32-30-28-26-24-22-20-18-16-14-12-10-8-6-4-2/h40-42H,3-39H2,1-2H3,(H,46,47). The lowest BCUT2D eigenvalue weighted by atomic mass is 9.74. The van der Waals surface area contributed by atoms with Crippen LogP contribution >= 0.6 is 0 Å². The van der Waals surface area contributed by atoms with Crippen LogP contribution in [0.25, 0.3) is 0 Å². The fraction of sp³-hybridized carbons (Fsp3) is 0.933. The Bertz CT molecular complexity index is 813. The van der Waals surface area contributed by atoms with Crippen LogP contribution in [0.4, 0.5) is 0 Å². The number of carbonyl (C=O) groups excluding carboxylic acids is 2. The van der Waals surface area contributed by atoms with Crippen molar-refractivity contribution in [2.75, 3.05) is 13.2 Å². The van der Waals surface area contributed by atoms with Crippen molar-refractivity contribution in [1.82, 2.24) is 0 Å². The first kappa shape index (κ1) is 47.4. The summed E-state index contributed by atoms with van der Waals surface area (Å²) >= 11 is 0. The molecule has 1 aliphatic rings. The highest BCUT2D eigenvalue weighted by atomic mass is 16.5. The molecule has 1 saturated carbocycles. The van der Waals surface area contributed by atoms with Crippen LogP contribution in [0.1, 0.15) is 239 Å². The first-order valence-corrected chi connectivity index (χ1v) is 22.6. The molecular weight excluding hydrogens is 636 g/mol. The van der Waals surface area contributed by atoms with Crippen LogP contribution in [0.5, 0.6) is 0 Å². The topological polar surface area (TPSA) is 89.9 Å². The zero-order valence-electron chi connectivity index (χ0n) is 33.9. The van der Waals surface area contributed by atoms with Gasteiger partial charge in [-0.15, -0.1) is 0 Å². The predicted molar refractivity (Wildman–Crippen MR) is 213 cm³/mol. The van der Waals surface area contributed by atoms with Gasteiger partial charge in [0.1, 0.15) is 0 Å². The summed E-state index contributed by atoms with van der Waals surface area (Å²) in [5, 5.41) is 9.59. The number of hydrogen-bond acceptors (Lipinski definition) is 5. The molecule has 300 valence electrons. The molecule has 0 aromatic rings. The number of ether oxygens (including phenoxy) is 2. The number of aliphatic carboxylic acids is 1. The van der Waals surface area contributed by atoms with E-state index < -0.39 is 29.7 Å². The second kappa shape index (κ2) is 35.4. The number of carboxylic acid groups (broad SMARTS) is 1. The minimum atomic E-state index is -0.898. The van der Waals surface area contributed by atoms with Crippen LogP contribution in [0.2, 0.25) is 0 Å². The maximum absolute atomic E-state index is 13.1. The second-order valence-electron chi connectivity index (χ2n) is 16.0. The molecule has 6 nitrogen and oxygen atoms in total. The van der Waals surface area contributed by atoms with Gasteiger partial charge < -0.3 is 14.6 Å². The van der Waals surface area contributed by atoms with E-state index >= 15 is 0 Å². The fourth-order valence-electron chi connectivity index (χ4n) is 7.80. The van der Waals surface area contributed by atoms with E-state index in [1.807, 2.05) is 0 Å². The molecule has 0 heterocycles. The van der Waals surface area contributed by atoms with Gasteiger partial charge in [-0.1, -0.05) is 206 Å². The van der Waals surface area contributed by atoms with Crippen LogP contribution in [0.3, 0.4) is 0 Å². The van der Waals surface area contributed by atoms with Crippen molar-refractivity contribution < 1.29 is 29.0 Å². The van der Waals surface area contributed by atoms with E-state index in [0.29, 0.717) is 26.1 Å². The summed E-state index contributed by atoms with van der Waals surface area (Å²) < 4.78 is 11.2. The van der Waals surface area contributed by atoms with Crippen molar-refractivity contribution in [3.8, 4) is 0 Å². The van der Waals surface area contributed by atoms with Crippen LogP contribution in [0, 0.1) is 17.8 Å². The first-order chi connectivity index (χ1) is 25.0. The van der Waals surface area contributed by atoms with Crippen LogP contribution in [-0.2, 0) is 23.9 Å².